The predicted octanol–water partition coefficient (Wildman–Crippen LogP) is 4.52. The zero-order chi connectivity index (χ0) is 20.7. The zero-order valence-corrected chi connectivity index (χ0v) is 18.0. The highest BCUT2D eigenvalue weighted by Gasteiger charge is 2.24. The van der Waals surface area contributed by atoms with Gasteiger partial charge in [-0.3, -0.25) is 0 Å². The number of piperazine rings is 1. The molecule has 1 aliphatic rings. The van der Waals surface area contributed by atoms with Crippen molar-refractivity contribution in [1.29, 1.82) is 0 Å². The molecule has 1 fully saturated rings. The van der Waals surface area contributed by atoms with E-state index in [1.54, 1.807) is 6.33 Å². The number of halogens is 2. The van der Waals surface area contributed by atoms with Crippen molar-refractivity contribution in [2.75, 3.05) is 38.1 Å². The fraction of sp³-hybridized carbons (Fsp3) is 0.227. The number of hydrogen-bond acceptors (Lipinski definition) is 5. The molecule has 0 bridgehead atoms. The molecule has 8 heteroatoms. The van der Waals surface area contributed by atoms with Gasteiger partial charge in [0.05, 0.1) is 10.6 Å². The van der Waals surface area contributed by atoms with Crippen LogP contribution < -0.4 is 4.90 Å². The molecule has 0 saturated carbocycles. The summed E-state index contributed by atoms with van der Waals surface area (Å²) in [5.74, 6) is 0.793. The number of nitrogens with zero attached hydrogens (tertiary/aromatic N) is 6. The zero-order valence-electron chi connectivity index (χ0n) is 16.5. The molecular weight excluding hydrogens is 419 g/mol. The third-order valence-electron chi connectivity index (χ3n) is 5.45. The van der Waals surface area contributed by atoms with Crippen molar-refractivity contribution < 1.29 is 0 Å². The van der Waals surface area contributed by atoms with E-state index in [9.17, 15) is 0 Å². The summed E-state index contributed by atoms with van der Waals surface area (Å²) in [6, 6.07) is 15.4. The number of fused-ring (bicyclic) bond motifs is 1. The largest absolute Gasteiger partial charge is 0.338 e. The summed E-state index contributed by atoms with van der Waals surface area (Å²) in [5.41, 5.74) is 4.28. The minimum absolute atomic E-state index is 0.644. The second kappa shape index (κ2) is 7.87. The van der Waals surface area contributed by atoms with Crippen LogP contribution >= 0.6 is 23.2 Å². The molecule has 4 aromatic rings. The lowest BCUT2D eigenvalue weighted by molar-refractivity contribution is 0.310. The summed E-state index contributed by atoms with van der Waals surface area (Å²) >= 11 is 12.7. The Morgan fingerprint density at radius 2 is 1.60 bits per heavy atom. The first-order valence-electron chi connectivity index (χ1n) is 9.80. The van der Waals surface area contributed by atoms with Crippen LogP contribution in [0.2, 0.25) is 10.0 Å². The van der Waals surface area contributed by atoms with Gasteiger partial charge >= 0.3 is 0 Å². The van der Waals surface area contributed by atoms with Gasteiger partial charge in [0.2, 0.25) is 5.95 Å². The van der Waals surface area contributed by atoms with Crippen LogP contribution in [0.3, 0.4) is 0 Å². The number of benzene rings is 2. The standard InChI is InChI=1S/C22H20Cl2N6/c1-28-10-12-29(13-11-28)22-26-14-25-21-19(15-6-8-16(23)9-7-15)20(27-30(21)22)17-4-2-3-5-18(17)24/h2-9,14H,10-13H2,1H3. The average molecular weight is 439 g/mol. The summed E-state index contributed by atoms with van der Waals surface area (Å²) in [5, 5.41) is 6.28. The Hall–Kier alpha value is -2.67. The van der Waals surface area contributed by atoms with E-state index < -0.39 is 0 Å². The van der Waals surface area contributed by atoms with Gasteiger partial charge in [-0.2, -0.15) is 9.61 Å². The summed E-state index contributed by atoms with van der Waals surface area (Å²) in [6.07, 6.45) is 1.61. The number of aromatic nitrogens is 4. The lowest BCUT2D eigenvalue weighted by atomic mass is 10.0. The summed E-state index contributed by atoms with van der Waals surface area (Å²) in [4.78, 5) is 13.7. The van der Waals surface area contributed by atoms with Gasteiger partial charge in [0.25, 0.3) is 0 Å². The monoisotopic (exact) mass is 438 g/mol. The first-order valence-corrected chi connectivity index (χ1v) is 10.6. The third-order valence-corrected chi connectivity index (χ3v) is 6.03. The van der Waals surface area contributed by atoms with E-state index in [1.807, 2.05) is 53.0 Å². The number of anilines is 1. The lowest BCUT2D eigenvalue weighted by Gasteiger charge is -2.32. The van der Waals surface area contributed by atoms with Crippen molar-refractivity contribution in [3.05, 3.63) is 64.9 Å². The Kier molecular flexibility index (Phi) is 5.06. The van der Waals surface area contributed by atoms with Gasteiger partial charge < -0.3 is 9.80 Å². The quantitative estimate of drug-likeness (QED) is 0.470. The van der Waals surface area contributed by atoms with Gasteiger partial charge in [0.15, 0.2) is 5.65 Å². The van der Waals surface area contributed by atoms with Crippen LogP contribution in [0.1, 0.15) is 0 Å². The molecule has 0 aliphatic carbocycles. The van der Waals surface area contributed by atoms with E-state index in [0.717, 1.165) is 60.2 Å². The van der Waals surface area contributed by atoms with Crippen molar-refractivity contribution in [2.45, 2.75) is 0 Å². The van der Waals surface area contributed by atoms with E-state index in [0.29, 0.717) is 10.0 Å². The first-order chi connectivity index (χ1) is 14.6. The van der Waals surface area contributed by atoms with Crippen LogP contribution in [0.4, 0.5) is 5.95 Å². The maximum Gasteiger partial charge on any atom is 0.230 e. The molecule has 0 radical (unpaired) electrons. The topological polar surface area (TPSA) is 49.6 Å². The van der Waals surface area contributed by atoms with E-state index in [1.165, 1.54) is 0 Å². The summed E-state index contributed by atoms with van der Waals surface area (Å²) in [6.45, 7) is 3.74. The molecule has 0 amide bonds. The molecule has 0 N–H and O–H groups in total. The van der Waals surface area contributed by atoms with Crippen molar-refractivity contribution >= 4 is 34.8 Å². The van der Waals surface area contributed by atoms with Gasteiger partial charge in [-0.05, 0) is 30.8 Å². The van der Waals surface area contributed by atoms with Crippen LogP contribution in [0.5, 0.6) is 0 Å². The highest BCUT2D eigenvalue weighted by Crippen LogP contribution is 2.38. The third kappa shape index (κ3) is 3.41. The maximum atomic E-state index is 6.55. The van der Waals surface area contributed by atoms with Gasteiger partial charge in [0.1, 0.15) is 12.0 Å². The molecule has 2 aromatic carbocycles. The highest BCUT2D eigenvalue weighted by atomic mass is 35.5. The first kappa shape index (κ1) is 19.3. The number of likely N-dealkylation sites (N-methyl/N-ethyl adjacent to an activating group) is 1. The van der Waals surface area contributed by atoms with E-state index in [-0.39, 0.29) is 0 Å². The summed E-state index contributed by atoms with van der Waals surface area (Å²) in [7, 11) is 2.13. The van der Waals surface area contributed by atoms with Crippen LogP contribution in [0.15, 0.2) is 54.9 Å². The van der Waals surface area contributed by atoms with Gasteiger partial charge in [0, 0.05) is 36.8 Å². The lowest BCUT2D eigenvalue weighted by Crippen LogP contribution is -2.45. The summed E-state index contributed by atoms with van der Waals surface area (Å²) < 4.78 is 1.84. The Morgan fingerprint density at radius 1 is 0.867 bits per heavy atom. The molecule has 5 rings (SSSR count). The molecule has 6 nitrogen and oxygen atoms in total. The average Bonchev–Trinajstić information content (AvgIpc) is 3.15. The van der Waals surface area contributed by atoms with Crippen molar-refractivity contribution in [1.82, 2.24) is 24.5 Å². The molecule has 1 aliphatic heterocycles. The second-order valence-electron chi connectivity index (χ2n) is 7.41. The van der Waals surface area contributed by atoms with Crippen LogP contribution in [0, 0.1) is 0 Å². The number of hydrogen-bond donors (Lipinski definition) is 0. The molecule has 2 aromatic heterocycles. The Bertz CT molecular complexity index is 1200. The van der Waals surface area contributed by atoms with Crippen molar-refractivity contribution in [3.8, 4) is 22.4 Å². The van der Waals surface area contributed by atoms with E-state index in [2.05, 4.69) is 26.8 Å². The highest BCUT2D eigenvalue weighted by molar-refractivity contribution is 6.33. The fourth-order valence-electron chi connectivity index (χ4n) is 3.80. The molecule has 3 heterocycles. The smallest absolute Gasteiger partial charge is 0.230 e. The molecule has 152 valence electrons. The molecule has 0 unspecified atom stereocenters. The maximum absolute atomic E-state index is 6.55. The van der Waals surface area contributed by atoms with E-state index in [4.69, 9.17) is 28.3 Å². The van der Waals surface area contributed by atoms with Gasteiger partial charge in [-0.15, -0.1) is 0 Å². The SMILES string of the molecule is CN1CCN(c2ncnc3c(-c4ccc(Cl)cc4)c(-c4ccccc4Cl)nn23)CC1. The van der Waals surface area contributed by atoms with Gasteiger partial charge in [-0.25, -0.2) is 9.97 Å². The molecule has 1 saturated heterocycles. The normalized spacial score (nSPS) is 15.1. The minimum atomic E-state index is 0.644. The molecular formula is C22H20Cl2N6. The molecule has 0 atom stereocenters. The van der Waals surface area contributed by atoms with Crippen LogP contribution in [0.25, 0.3) is 28.0 Å². The Balaban J connectivity index is 1.75. The fourth-order valence-corrected chi connectivity index (χ4v) is 4.16. The predicted molar refractivity (Wildman–Crippen MR) is 121 cm³/mol. The molecule has 0 spiro atoms. The number of rotatable bonds is 3. The van der Waals surface area contributed by atoms with Crippen molar-refractivity contribution in [3.63, 3.8) is 0 Å². The van der Waals surface area contributed by atoms with Crippen LogP contribution in [-0.2, 0) is 0 Å². The minimum Gasteiger partial charge on any atom is -0.338 e. The van der Waals surface area contributed by atoms with Gasteiger partial charge in [-0.1, -0.05) is 53.5 Å². The Morgan fingerprint density at radius 3 is 2.33 bits per heavy atom. The Labute approximate surface area is 184 Å². The van der Waals surface area contributed by atoms with Crippen LogP contribution in [-0.4, -0.2) is 57.7 Å². The van der Waals surface area contributed by atoms with Crippen molar-refractivity contribution in [2.24, 2.45) is 0 Å². The van der Waals surface area contributed by atoms with E-state index >= 15 is 0 Å². The molecule has 30 heavy (non-hydrogen) atoms. The second-order valence-corrected chi connectivity index (χ2v) is 8.25.